The van der Waals surface area contributed by atoms with Crippen molar-refractivity contribution in [2.75, 3.05) is 0 Å². The highest BCUT2D eigenvalue weighted by Gasteiger charge is 2.13. The fourth-order valence-corrected chi connectivity index (χ4v) is 1.25. The molecule has 0 bridgehead atoms. The van der Waals surface area contributed by atoms with Gasteiger partial charge in [0.1, 0.15) is 5.75 Å². The van der Waals surface area contributed by atoms with E-state index in [1.54, 1.807) is 25.1 Å². The van der Waals surface area contributed by atoms with Gasteiger partial charge in [-0.3, -0.25) is 4.79 Å². The molecule has 1 aromatic carbocycles. The first-order valence-corrected chi connectivity index (χ1v) is 5.15. The van der Waals surface area contributed by atoms with E-state index in [1.165, 1.54) is 0 Å². The Morgan fingerprint density at radius 1 is 1.53 bits per heavy atom. The van der Waals surface area contributed by atoms with Gasteiger partial charge in [-0.25, -0.2) is 0 Å². The number of para-hydroxylation sites is 1. The van der Waals surface area contributed by atoms with E-state index >= 15 is 0 Å². The van der Waals surface area contributed by atoms with E-state index < -0.39 is 0 Å². The number of nitrogens with one attached hydrogen (secondary N) is 1. The molecule has 3 nitrogen and oxygen atoms in total. The van der Waals surface area contributed by atoms with Gasteiger partial charge in [0.2, 0.25) is 0 Å². The molecule has 1 unspecified atom stereocenters. The zero-order valence-electron chi connectivity index (χ0n) is 9.37. The Morgan fingerprint density at radius 2 is 2.20 bits per heavy atom. The summed E-state index contributed by atoms with van der Waals surface area (Å²) in [6.07, 6.45) is 0.873. The van der Waals surface area contributed by atoms with Gasteiger partial charge in [0, 0.05) is 6.04 Å². The van der Waals surface area contributed by atoms with Crippen molar-refractivity contribution in [2.24, 2.45) is 0 Å². The van der Waals surface area contributed by atoms with Crippen LogP contribution in [-0.4, -0.2) is 17.1 Å². The monoisotopic (exact) mass is 207 g/mol. The molecule has 0 aliphatic carbocycles. The molecule has 0 saturated heterocycles. The first-order valence-electron chi connectivity index (χ1n) is 5.15. The molecular formula is C12H17NO2. The minimum absolute atomic E-state index is 0.0679. The molecule has 0 radical (unpaired) electrons. The first-order chi connectivity index (χ1) is 7.06. The van der Waals surface area contributed by atoms with Crippen LogP contribution in [0.4, 0.5) is 0 Å². The van der Waals surface area contributed by atoms with Crippen molar-refractivity contribution < 1.29 is 9.90 Å². The maximum atomic E-state index is 11.7. The molecule has 1 amide bonds. The molecule has 1 atom stereocenters. The summed E-state index contributed by atoms with van der Waals surface area (Å²) in [6, 6.07) is 5.29. The van der Waals surface area contributed by atoms with E-state index in [0.29, 0.717) is 11.1 Å². The SMILES string of the molecule is CCC(C)NC(=O)c1cccc(C)c1O. The summed E-state index contributed by atoms with van der Waals surface area (Å²) >= 11 is 0. The van der Waals surface area contributed by atoms with E-state index in [-0.39, 0.29) is 17.7 Å². The number of benzene rings is 1. The van der Waals surface area contributed by atoms with Gasteiger partial charge in [0.05, 0.1) is 5.56 Å². The van der Waals surface area contributed by atoms with Crippen LogP contribution in [0, 0.1) is 6.92 Å². The van der Waals surface area contributed by atoms with Crippen LogP contribution >= 0.6 is 0 Å². The highest BCUT2D eigenvalue weighted by molar-refractivity contribution is 5.97. The average Bonchev–Trinajstić information content (AvgIpc) is 2.21. The van der Waals surface area contributed by atoms with Gasteiger partial charge >= 0.3 is 0 Å². The summed E-state index contributed by atoms with van der Waals surface area (Å²) in [7, 11) is 0. The lowest BCUT2D eigenvalue weighted by Gasteiger charge is -2.12. The Kier molecular flexibility index (Phi) is 3.72. The van der Waals surface area contributed by atoms with Gasteiger partial charge in [0.25, 0.3) is 5.91 Å². The summed E-state index contributed by atoms with van der Waals surface area (Å²) in [4.78, 5) is 11.7. The Hall–Kier alpha value is -1.51. The van der Waals surface area contributed by atoms with Crippen LogP contribution in [0.3, 0.4) is 0 Å². The van der Waals surface area contributed by atoms with Crippen LogP contribution in [-0.2, 0) is 0 Å². The molecule has 1 aromatic rings. The molecule has 0 aromatic heterocycles. The predicted octanol–water partition coefficient (Wildman–Crippen LogP) is 2.23. The molecular weight excluding hydrogens is 190 g/mol. The lowest BCUT2D eigenvalue weighted by atomic mass is 10.1. The van der Waals surface area contributed by atoms with Gasteiger partial charge < -0.3 is 10.4 Å². The van der Waals surface area contributed by atoms with Crippen molar-refractivity contribution in [3.63, 3.8) is 0 Å². The standard InChI is InChI=1S/C12H17NO2/c1-4-9(3)13-12(15)10-7-5-6-8(2)11(10)14/h5-7,9,14H,4H2,1-3H3,(H,13,15). The Bertz CT molecular complexity index is 361. The molecule has 0 aliphatic heterocycles. The summed E-state index contributed by atoms with van der Waals surface area (Å²) < 4.78 is 0. The maximum absolute atomic E-state index is 11.7. The zero-order chi connectivity index (χ0) is 11.4. The summed E-state index contributed by atoms with van der Waals surface area (Å²) in [5.74, 6) is -0.149. The highest BCUT2D eigenvalue weighted by Crippen LogP contribution is 2.21. The highest BCUT2D eigenvalue weighted by atomic mass is 16.3. The molecule has 0 spiro atoms. The number of carbonyl (C=O) groups is 1. The van der Waals surface area contributed by atoms with Crippen LogP contribution in [0.1, 0.15) is 36.2 Å². The molecule has 3 heteroatoms. The van der Waals surface area contributed by atoms with Gasteiger partial charge in [0.15, 0.2) is 0 Å². The fourth-order valence-electron chi connectivity index (χ4n) is 1.25. The lowest BCUT2D eigenvalue weighted by Crippen LogP contribution is -2.31. The minimum atomic E-state index is -0.217. The molecule has 2 N–H and O–H groups in total. The minimum Gasteiger partial charge on any atom is -0.507 e. The van der Waals surface area contributed by atoms with Crippen molar-refractivity contribution in [2.45, 2.75) is 33.2 Å². The fraction of sp³-hybridized carbons (Fsp3) is 0.417. The molecule has 0 fully saturated rings. The van der Waals surface area contributed by atoms with Gasteiger partial charge in [-0.05, 0) is 31.9 Å². The molecule has 0 aliphatic rings. The topological polar surface area (TPSA) is 49.3 Å². The van der Waals surface area contributed by atoms with Crippen molar-refractivity contribution in [3.8, 4) is 5.75 Å². The molecule has 1 rings (SSSR count). The van der Waals surface area contributed by atoms with Gasteiger partial charge in [-0.2, -0.15) is 0 Å². The third-order valence-electron chi connectivity index (χ3n) is 2.47. The predicted molar refractivity (Wildman–Crippen MR) is 60.1 cm³/mol. The van der Waals surface area contributed by atoms with E-state index in [9.17, 15) is 9.90 Å². The van der Waals surface area contributed by atoms with Crippen LogP contribution < -0.4 is 5.32 Å². The zero-order valence-corrected chi connectivity index (χ0v) is 9.37. The van der Waals surface area contributed by atoms with Gasteiger partial charge in [-0.15, -0.1) is 0 Å². The van der Waals surface area contributed by atoms with Crippen LogP contribution in [0.2, 0.25) is 0 Å². The van der Waals surface area contributed by atoms with E-state index in [2.05, 4.69) is 5.32 Å². The van der Waals surface area contributed by atoms with Crippen LogP contribution in [0.5, 0.6) is 5.75 Å². The number of amides is 1. The maximum Gasteiger partial charge on any atom is 0.255 e. The quantitative estimate of drug-likeness (QED) is 0.798. The number of phenols is 1. The van der Waals surface area contributed by atoms with E-state index in [4.69, 9.17) is 0 Å². The number of rotatable bonds is 3. The third kappa shape index (κ3) is 2.72. The van der Waals surface area contributed by atoms with Gasteiger partial charge in [-0.1, -0.05) is 19.1 Å². The normalized spacial score (nSPS) is 12.2. The smallest absolute Gasteiger partial charge is 0.255 e. The Balaban J connectivity index is 2.87. The second kappa shape index (κ2) is 4.82. The number of aryl methyl sites for hydroxylation is 1. The summed E-state index contributed by atoms with van der Waals surface area (Å²) in [5, 5.41) is 12.5. The Labute approximate surface area is 90.1 Å². The Morgan fingerprint density at radius 3 is 2.80 bits per heavy atom. The summed E-state index contributed by atoms with van der Waals surface area (Å²) in [5.41, 5.74) is 1.06. The van der Waals surface area contributed by atoms with Crippen LogP contribution in [0.25, 0.3) is 0 Å². The average molecular weight is 207 g/mol. The first kappa shape index (κ1) is 11.6. The molecule has 15 heavy (non-hydrogen) atoms. The van der Waals surface area contributed by atoms with Crippen molar-refractivity contribution in [1.82, 2.24) is 5.32 Å². The second-order valence-corrected chi connectivity index (χ2v) is 3.75. The lowest BCUT2D eigenvalue weighted by molar-refractivity contribution is 0.0936. The number of hydrogen-bond donors (Lipinski definition) is 2. The summed E-state index contributed by atoms with van der Waals surface area (Å²) in [6.45, 7) is 5.71. The van der Waals surface area contributed by atoms with Crippen molar-refractivity contribution in [3.05, 3.63) is 29.3 Å². The van der Waals surface area contributed by atoms with Crippen LogP contribution in [0.15, 0.2) is 18.2 Å². The van der Waals surface area contributed by atoms with E-state index in [0.717, 1.165) is 6.42 Å². The van der Waals surface area contributed by atoms with Crippen molar-refractivity contribution >= 4 is 5.91 Å². The second-order valence-electron chi connectivity index (χ2n) is 3.75. The number of phenolic OH excluding ortho intramolecular Hbond substituents is 1. The van der Waals surface area contributed by atoms with Crippen molar-refractivity contribution in [1.29, 1.82) is 0 Å². The molecule has 0 heterocycles. The third-order valence-corrected chi connectivity index (χ3v) is 2.47. The molecule has 0 saturated carbocycles. The number of carbonyl (C=O) groups excluding carboxylic acids is 1. The number of hydrogen-bond acceptors (Lipinski definition) is 2. The number of aromatic hydroxyl groups is 1. The largest absolute Gasteiger partial charge is 0.507 e. The van der Waals surface area contributed by atoms with E-state index in [1.807, 2.05) is 13.8 Å². The molecule has 82 valence electrons.